The fraction of sp³-hybridized carbons (Fsp3) is 0.387. The molecule has 9 nitrogen and oxygen atoms in total. The van der Waals surface area contributed by atoms with E-state index in [0.717, 1.165) is 12.8 Å². The number of aliphatic hydroxyl groups is 2. The molecule has 2 amide bonds. The summed E-state index contributed by atoms with van der Waals surface area (Å²) >= 11 is 1.98. The number of carbonyl (C=O) groups excluding carboxylic acids is 3. The quantitative estimate of drug-likeness (QED) is 0.112. The van der Waals surface area contributed by atoms with Gasteiger partial charge < -0.3 is 29.9 Å². The highest BCUT2D eigenvalue weighted by Crippen LogP contribution is 2.37. The molecule has 0 heterocycles. The van der Waals surface area contributed by atoms with Crippen molar-refractivity contribution in [2.45, 2.75) is 56.9 Å². The third-order valence-electron chi connectivity index (χ3n) is 6.92. The average molecular weight is 695 g/mol. The highest BCUT2D eigenvalue weighted by Gasteiger charge is 2.41. The van der Waals surface area contributed by atoms with Gasteiger partial charge in [0.15, 0.2) is 11.5 Å². The van der Waals surface area contributed by atoms with Crippen molar-refractivity contribution in [3.8, 4) is 11.5 Å². The highest BCUT2D eigenvalue weighted by atomic mass is 127. The van der Waals surface area contributed by atoms with Gasteiger partial charge in [-0.25, -0.2) is 4.39 Å². The summed E-state index contributed by atoms with van der Waals surface area (Å²) in [6.45, 7) is 3.32. The third-order valence-corrected chi connectivity index (χ3v) is 7.73. The van der Waals surface area contributed by atoms with Crippen molar-refractivity contribution in [1.29, 1.82) is 0 Å². The van der Waals surface area contributed by atoms with Crippen molar-refractivity contribution in [2.24, 2.45) is 0 Å². The van der Waals surface area contributed by atoms with Crippen LogP contribution < -0.4 is 14.8 Å². The van der Waals surface area contributed by atoms with Crippen LogP contribution in [0.25, 0.3) is 0 Å². The molecule has 3 unspecified atom stereocenters. The number of rotatable bonds is 15. The van der Waals surface area contributed by atoms with Gasteiger partial charge in [-0.1, -0.05) is 24.3 Å². The molecule has 1 aliphatic rings. The van der Waals surface area contributed by atoms with Gasteiger partial charge in [0.25, 0.3) is 0 Å². The first kappa shape index (κ1) is 33.2. The molecule has 226 valence electrons. The van der Waals surface area contributed by atoms with Crippen LogP contribution in [-0.4, -0.2) is 71.7 Å². The topological polar surface area (TPSA) is 125 Å². The molecule has 3 N–H and O–H groups in total. The van der Waals surface area contributed by atoms with E-state index in [1.165, 1.54) is 30.2 Å². The molecule has 11 heteroatoms. The number of carbonyl (C=O) groups is 3. The van der Waals surface area contributed by atoms with Crippen LogP contribution in [0.1, 0.15) is 48.0 Å². The van der Waals surface area contributed by atoms with E-state index in [9.17, 15) is 29.0 Å². The predicted molar refractivity (Wildman–Crippen MR) is 164 cm³/mol. The monoisotopic (exact) mass is 694 g/mol. The zero-order valence-corrected chi connectivity index (χ0v) is 25.6. The summed E-state index contributed by atoms with van der Waals surface area (Å²) in [6, 6.07) is 8.23. The minimum absolute atomic E-state index is 0.00890. The molecule has 0 aliphatic heterocycles. The lowest BCUT2D eigenvalue weighted by atomic mass is 9.87. The number of nitrogens with zero attached hydrogens (tertiary/aromatic N) is 1. The highest BCUT2D eigenvalue weighted by molar-refractivity contribution is 14.1. The van der Waals surface area contributed by atoms with Crippen LogP contribution in [0.4, 0.5) is 4.39 Å². The fourth-order valence-electron chi connectivity index (χ4n) is 4.75. The molecule has 0 saturated heterocycles. The summed E-state index contributed by atoms with van der Waals surface area (Å²) < 4.78 is 26.9. The first-order chi connectivity index (χ1) is 20.2. The van der Waals surface area contributed by atoms with Crippen molar-refractivity contribution in [2.75, 3.05) is 20.3 Å². The number of methoxy groups -OCH3 is 1. The number of halogens is 2. The molecule has 1 aliphatic carbocycles. The van der Waals surface area contributed by atoms with Gasteiger partial charge in [0.2, 0.25) is 11.8 Å². The number of allylic oxidation sites excluding steroid dienone is 1. The van der Waals surface area contributed by atoms with Gasteiger partial charge in [-0.2, -0.15) is 0 Å². The maximum atomic E-state index is 14.8. The molecule has 0 spiro atoms. The Balaban J connectivity index is 2.03. The van der Waals surface area contributed by atoms with Crippen molar-refractivity contribution in [1.82, 2.24) is 10.2 Å². The molecule has 0 radical (unpaired) electrons. The number of benzene rings is 2. The molecule has 3 atom stereocenters. The van der Waals surface area contributed by atoms with E-state index in [2.05, 4.69) is 11.9 Å². The standard InChI is InChI=1S/C31H36FIN2O7/c1-3-4-5-6-11-28(38)35(18-21-9-7-8-10-23(21)32)25-16-22(31(40)34-12-13-36)17-26(29(25)39)42-30-24(33)14-20(19-37)15-27(30)41-2/h3,7-10,14-15,17,19,25-26,29,36,39H,1,4-6,11-13,16,18H2,2H3,(H,34,40). The summed E-state index contributed by atoms with van der Waals surface area (Å²) in [5.74, 6) is -0.789. The molecule has 0 fully saturated rings. The summed E-state index contributed by atoms with van der Waals surface area (Å²) in [6.07, 6.45) is 3.68. The van der Waals surface area contributed by atoms with E-state index < -0.39 is 30.0 Å². The molecule has 2 aromatic rings. The molecule has 0 aromatic heterocycles. The number of aliphatic hydroxyl groups excluding tert-OH is 2. The minimum atomic E-state index is -1.31. The number of nitrogens with one attached hydrogen (secondary N) is 1. The van der Waals surface area contributed by atoms with E-state index in [1.54, 1.807) is 30.3 Å². The lowest BCUT2D eigenvalue weighted by Gasteiger charge is -2.41. The van der Waals surface area contributed by atoms with Crippen LogP contribution >= 0.6 is 22.6 Å². The van der Waals surface area contributed by atoms with Crippen molar-refractivity contribution in [3.05, 3.63) is 81.2 Å². The van der Waals surface area contributed by atoms with Gasteiger partial charge in [0, 0.05) is 42.6 Å². The van der Waals surface area contributed by atoms with Gasteiger partial charge in [-0.3, -0.25) is 14.4 Å². The molecular weight excluding hydrogens is 658 g/mol. The Morgan fingerprint density at radius 1 is 1.26 bits per heavy atom. The van der Waals surface area contributed by atoms with E-state index in [0.29, 0.717) is 21.8 Å². The molecule has 0 saturated carbocycles. The number of aldehydes is 1. The molecule has 2 aromatic carbocycles. The molecule has 3 rings (SSSR count). The zero-order valence-electron chi connectivity index (χ0n) is 23.4. The lowest BCUT2D eigenvalue weighted by Crippen LogP contribution is -2.54. The summed E-state index contributed by atoms with van der Waals surface area (Å²) in [7, 11) is 1.41. The Hall–Kier alpha value is -3.29. The first-order valence-electron chi connectivity index (χ1n) is 13.6. The first-order valence-corrected chi connectivity index (χ1v) is 14.7. The second-order valence-corrected chi connectivity index (χ2v) is 11.0. The Morgan fingerprint density at radius 2 is 2.02 bits per heavy atom. The number of hydrogen-bond donors (Lipinski definition) is 3. The average Bonchev–Trinajstić information content (AvgIpc) is 2.99. The maximum Gasteiger partial charge on any atom is 0.247 e. The zero-order chi connectivity index (χ0) is 30.6. The number of amides is 2. The Bertz CT molecular complexity index is 1300. The van der Waals surface area contributed by atoms with E-state index in [-0.39, 0.29) is 61.1 Å². The Labute approximate surface area is 258 Å². The van der Waals surface area contributed by atoms with Gasteiger partial charge >= 0.3 is 0 Å². The summed E-state index contributed by atoms with van der Waals surface area (Å²) in [5, 5.41) is 23.5. The van der Waals surface area contributed by atoms with E-state index in [1.807, 2.05) is 22.6 Å². The van der Waals surface area contributed by atoms with Gasteiger partial charge in [0.1, 0.15) is 24.3 Å². The summed E-state index contributed by atoms with van der Waals surface area (Å²) in [5.41, 5.74) is 0.867. The minimum Gasteiger partial charge on any atom is -0.493 e. The van der Waals surface area contributed by atoms with Crippen molar-refractivity contribution < 1.29 is 38.5 Å². The molecule has 42 heavy (non-hydrogen) atoms. The largest absolute Gasteiger partial charge is 0.493 e. The Kier molecular flexibility index (Phi) is 12.9. The van der Waals surface area contributed by atoms with E-state index >= 15 is 0 Å². The second kappa shape index (κ2) is 16.4. The predicted octanol–water partition coefficient (Wildman–Crippen LogP) is 3.94. The molecule has 0 bridgehead atoms. The SMILES string of the molecule is C=CCCCCC(=O)N(Cc1ccccc1F)C1CC(C(=O)NCCO)=CC(Oc2c(I)cc(C=O)cc2OC)C1O. The smallest absolute Gasteiger partial charge is 0.247 e. The van der Waals surface area contributed by atoms with Crippen LogP contribution in [0.2, 0.25) is 0 Å². The molecular formula is C31H36FIN2O7. The number of hydrogen-bond acceptors (Lipinski definition) is 7. The number of unbranched alkanes of at least 4 members (excludes halogenated alkanes) is 2. The summed E-state index contributed by atoms with van der Waals surface area (Å²) in [4.78, 5) is 39.5. The fourth-order valence-corrected chi connectivity index (χ4v) is 5.50. The van der Waals surface area contributed by atoms with Crippen LogP contribution in [-0.2, 0) is 16.1 Å². The van der Waals surface area contributed by atoms with Crippen LogP contribution in [0.5, 0.6) is 11.5 Å². The second-order valence-electron chi connectivity index (χ2n) is 9.82. The van der Waals surface area contributed by atoms with E-state index in [4.69, 9.17) is 9.47 Å². The number of ether oxygens (including phenoxy) is 2. The normalized spacial score (nSPS) is 18.0. The van der Waals surface area contributed by atoms with Crippen LogP contribution in [0.3, 0.4) is 0 Å². The van der Waals surface area contributed by atoms with Crippen molar-refractivity contribution >= 4 is 40.7 Å². The van der Waals surface area contributed by atoms with Crippen LogP contribution in [0.15, 0.2) is 60.7 Å². The van der Waals surface area contributed by atoms with Gasteiger partial charge in [0.05, 0.1) is 23.3 Å². The van der Waals surface area contributed by atoms with Crippen molar-refractivity contribution in [3.63, 3.8) is 0 Å². The lowest BCUT2D eigenvalue weighted by molar-refractivity contribution is -0.139. The van der Waals surface area contributed by atoms with Gasteiger partial charge in [-0.15, -0.1) is 6.58 Å². The third kappa shape index (κ3) is 8.62. The maximum absolute atomic E-state index is 14.8. The van der Waals surface area contributed by atoms with Gasteiger partial charge in [-0.05, 0) is 66.1 Å². The van der Waals surface area contributed by atoms with Crippen LogP contribution in [0, 0.1) is 9.39 Å². The Morgan fingerprint density at radius 3 is 2.69 bits per heavy atom.